The van der Waals surface area contributed by atoms with Crippen LogP contribution in [0.5, 0.6) is 17.2 Å². The maximum Gasteiger partial charge on any atom is 0.323 e. The molecule has 2 aromatic rings. The van der Waals surface area contributed by atoms with Crippen molar-refractivity contribution in [2.24, 2.45) is 0 Å². The first kappa shape index (κ1) is 12.2. The molecule has 0 aliphatic carbocycles. The average Bonchev–Trinajstić information content (AvgIpc) is 2.86. The molecule has 0 saturated heterocycles. The number of carbonyl (C=O) groups is 1. The summed E-state index contributed by atoms with van der Waals surface area (Å²) in [6.07, 6.45) is 0. The van der Waals surface area contributed by atoms with E-state index in [1.807, 2.05) is 0 Å². The van der Waals surface area contributed by atoms with E-state index in [0.29, 0.717) is 22.9 Å². The first-order valence-corrected chi connectivity index (χ1v) is 5.97. The van der Waals surface area contributed by atoms with Crippen molar-refractivity contribution < 1.29 is 19.4 Å². The summed E-state index contributed by atoms with van der Waals surface area (Å²) in [5.41, 5.74) is 1.09. The van der Waals surface area contributed by atoms with Crippen LogP contribution in [-0.2, 0) is 0 Å². The van der Waals surface area contributed by atoms with Crippen LogP contribution in [0.2, 0.25) is 0 Å². The largest absolute Gasteiger partial charge is 0.508 e. The summed E-state index contributed by atoms with van der Waals surface area (Å²) >= 11 is 0. The molecular formula is C14H12N2O4. The molecular weight excluding hydrogens is 260 g/mol. The van der Waals surface area contributed by atoms with Crippen molar-refractivity contribution in [1.82, 2.24) is 0 Å². The van der Waals surface area contributed by atoms with Crippen molar-refractivity contribution in [3.63, 3.8) is 0 Å². The van der Waals surface area contributed by atoms with Crippen LogP contribution < -0.4 is 20.1 Å². The molecule has 0 radical (unpaired) electrons. The molecule has 3 rings (SSSR count). The van der Waals surface area contributed by atoms with Gasteiger partial charge in [0.1, 0.15) is 5.75 Å². The Kier molecular flexibility index (Phi) is 3.04. The Morgan fingerprint density at radius 3 is 2.55 bits per heavy atom. The third kappa shape index (κ3) is 2.59. The lowest BCUT2D eigenvalue weighted by Crippen LogP contribution is -2.19. The predicted octanol–water partition coefficient (Wildman–Crippen LogP) is 2.76. The second-order valence-corrected chi connectivity index (χ2v) is 4.20. The molecule has 6 heteroatoms. The van der Waals surface area contributed by atoms with E-state index in [4.69, 9.17) is 9.47 Å². The third-order valence-electron chi connectivity index (χ3n) is 2.73. The van der Waals surface area contributed by atoms with Gasteiger partial charge in [0.15, 0.2) is 11.5 Å². The van der Waals surface area contributed by atoms with Crippen molar-refractivity contribution in [1.29, 1.82) is 0 Å². The molecule has 2 aromatic carbocycles. The van der Waals surface area contributed by atoms with Crippen LogP contribution in [0.15, 0.2) is 42.5 Å². The van der Waals surface area contributed by atoms with Crippen molar-refractivity contribution in [3.05, 3.63) is 42.5 Å². The van der Waals surface area contributed by atoms with Crippen LogP contribution in [0.3, 0.4) is 0 Å². The lowest BCUT2D eigenvalue weighted by atomic mass is 10.3. The van der Waals surface area contributed by atoms with Gasteiger partial charge in [-0.15, -0.1) is 0 Å². The van der Waals surface area contributed by atoms with Gasteiger partial charge in [0.25, 0.3) is 0 Å². The molecule has 1 aliphatic rings. The number of rotatable bonds is 2. The number of ether oxygens (including phenoxy) is 2. The average molecular weight is 272 g/mol. The zero-order valence-electron chi connectivity index (χ0n) is 10.4. The van der Waals surface area contributed by atoms with E-state index in [1.54, 1.807) is 30.3 Å². The van der Waals surface area contributed by atoms with E-state index in [1.165, 1.54) is 12.1 Å². The molecule has 102 valence electrons. The molecule has 0 fully saturated rings. The molecule has 0 unspecified atom stereocenters. The Labute approximate surface area is 114 Å². The Hall–Kier alpha value is -2.89. The van der Waals surface area contributed by atoms with Gasteiger partial charge in [-0.1, -0.05) is 6.07 Å². The Morgan fingerprint density at radius 2 is 1.75 bits per heavy atom. The van der Waals surface area contributed by atoms with E-state index in [-0.39, 0.29) is 12.5 Å². The molecule has 0 spiro atoms. The minimum atomic E-state index is -0.408. The smallest absolute Gasteiger partial charge is 0.323 e. The molecule has 0 bridgehead atoms. The number of urea groups is 1. The van der Waals surface area contributed by atoms with Crippen molar-refractivity contribution in [2.45, 2.75) is 0 Å². The zero-order valence-corrected chi connectivity index (χ0v) is 10.4. The number of carbonyl (C=O) groups excluding carboxylic acids is 1. The summed E-state index contributed by atoms with van der Waals surface area (Å²) in [7, 11) is 0. The van der Waals surface area contributed by atoms with Gasteiger partial charge in [0, 0.05) is 23.5 Å². The standard InChI is InChI=1S/C14H12N2O4/c17-11-3-1-2-9(6-11)15-14(18)16-10-4-5-12-13(7-10)20-8-19-12/h1-7,17H,8H2,(H2,15,16,18). The lowest BCUT2D eigenvalue weighted by molar-refractivity contribution is 0.174. The number of benzene rings is 2. The van der Waals surface area contributed by atoms with E-state index >= 15 is 0 Å². The molecule has 6 nitrogen and oxygen atoms in total. The highest BCUT2D eigenvalue weighted by atomic mass is 16.7. The van der Waals surface area contributed by atoms with Gasteiger partial charge in [0.05, 0.1) is 0 Å². The van der Waals surface area contributed by atoms with E-state index in [2.05, 4.69) is 10.6 Å². The number of phenols is 1. The molecule has 0 atom stereocenters. The number of phenolic OH excluding ortho intramolecular Hbond substituents is 1. The normalized spacial score (nSPS) is 12.0. The minimum Gasteiger partial charge on any atom is -0.508 e. The van der Waals surface area contributed by atoms with Crippen molar-refractivity contribution >= 4 is 17.4 Å². The van der Waals surface area contributed by atoms with Crippen molar-refractivity contribution in [3.8, 4) is 17.2 Å². The fraction of sp³-hybridized carbons (Fsp3) is 0.0714. The summed E-state index contributed by atoms with van der Waals surface area (Å²) in [5, 5.41) is 14.6. The highest BCUT2D eigenvalue weighted by Crippen LogP contribution is 2.34. The van der Waals surface area contributed by atoms with Crippen LogP contribution in [0.1, 0.15) is 0 Å². The summed E-state index contributed by atoms with van der Waals surface area (Å²) < 4.78 is 10.4. The monoisotopic (exact) mass is 272 g/mol. The Bertz CT molecular complexity index is 657. The maximum absolute atomic E-state index is 11.8. The molecule has 1 aliphatic heterocycles. The van der Waals surface area contributed by atoms with Gasteiger partial charge in [-0.2, -0.15) is 0 Å². The van der Waals surface area contributed by atoms with Gasteiger partial charge < -0.3 is 25.2 Å². The van der Waals surface area contributed by atoms with Gasteiger partial charge in [-0.3, -0.25) is 0 Å². The highest BCUT2D eigenvalue weighted by Gasteiger charge is 2.14. The van der Waals surface area contributed by atoms with Crippen LogP contribution >= 0.6 is 0 Å². The number of anilines is 2. The first-order chi connectivity index (χ1) is 9.70. The third-order valence-corrected chi connectivity index (χ3v) is 2.73. The maximum atomic E-state index is 11.8. The number of amides is 2. The summed E-state index contributed by atoms with van der Waals surface area (Å²) in [6, 6.07) is 11.0. The second kappa shape index (κ2) is 5.00. The summed E-state index contributed by atoms with van der Waals surface area (Å²) in [4.78, 5) is 11.8. The van der Waals surface area contributed by atoms with Gasteiger partial charge in [-0.05, 0) is 24.3 Å². The van der Waals surface area contributed by atoms with Gasteiger partial charge in [-0.25, -0.2) is 4.79 Å². The van der Waals surface area contributed by atoms with Crippen LogP contribution in [-0.4, -0.2) is 17.9 Å². The molecule has 0 saturated carbocycles. The fourth-order valence-corrected chi connectivity index (χ4v) is 1.85. The topological polar surface area (TPSA) is 79.8 Å². The predicted molar refractivity (Wildman–Crippen MR) is 73.3 cm³/mol. The zero-order chi connectivity index (χ0) is 13.9. The Balaban J connectivity index is 1.67. The van der Waals surface area contributed by atoms with Crippen molar-refractivity contribution in [2.75, 3.05) is 17.4 Å². The number of hydrogen-bond acceptors (Lipinski definition) is 4. The van der Waals surface area contributed by atoms with E-state index < -0.39 is 6.03 Å². The van der Waals surface area contributed by atoms with E-state index in [9.17, 15) is 9.90 Å². The van der Waals surface area contributed by atoms with Crippen LogP contribution in [0.25, 0.3) is 0 Å². The number of hydrogen-bond donors (Lipinski definition) is 3. The first-order valence-electron chi connectivity index (χ1n) is 5.97. The highest BCUT2D eigenvalue weighted by molar-refractivity contribution is 6.00. The summed E-state index contributed by atoms with van der Waals surface area (Å²) in [5.74, 6) is 1.34. The number of aromatic hydroxyl groups is 1. The molecule has 0 aromatic heterocycles. The quantitative estimate of drug-likeness (QED) is 0.785. The Morgan fingerprint density at radius 1 is 1.00 bits per heavy atom. The lowest BCUT2D eigenvalue weighted by Gasteiger charge is -2.08. The molecule has 2 amide bonds. The van der Waals surface area contributed by atoms with Crippen LogP contribution in [0.4, 0.5) is 16.2 Å². The molecule has 1 heterocycles. The number of nitrogens with one attached hydrogen (secondary N) is 2. The van der Waals surface area contributed by atoms with E-state index in [0.717, 1.165) is 0 Å². The molecule has 20 heavy (non-hydrogen) atoms. The van der Waals surface area contributed by atoms with Gasteiger partial charge >= 0.3 is 6.03 Å². The second-order valence-electron chi connectivity index (χ2n) is 4.20. The molecule has 3 N–H and O–H groups in total. The van der Waals surface area contributed by atoms with Crippen LogP contribution in [0, 0.1) is 0 Å². The van der Waals surface area contributed by atoms with Gasteiger partial charge in [0.2, 0.25) is 6.79 Å². The number of fused-ring (bicyclic) bond motifs is 1. The fourth-order valence-electron chi connectivity index (χ4n) is 1.85. The minimum absolute atomic E-state index is 0.0888. The summed E-state index contributed by atoms with van der Waals surface area (Å²) in [6.45, 7) is 0.189. The SMILES string of the molecule is O=C(Nc1cccc(O)c1)Nc1ccc2c(c1)OCO2.